The number of benzene rings is 1. The van der Waals surface area contributed by atoms with Crippen molar-refractivity contribution in [2.45, 2.75) is 0 Å². The lowest BCUT2D eigenvalue weighted by Gasteiger charge is -2.07. The quantitative estimate of drug-likeness (QED) is 0.710. The van der Waals surface area contributed by atoms with Crippen LogP contribution in [0.3, 0.4) is 0 Å². The molecule has 0 fully saturated rings. The van der Waals surface area contributed by atoms with Gasteiger partial charge in [-0.2, -0.15) is 0 Å². The van der Waals surface area contributed by atoms with Crippen molar-refractivity contribution in [2.75, 3.05) is 18.9 Å². The Bertz CT molecular complexity index is 786. The van der Waals surface area contributed by atoms with Gasteiger partial charge in [-0.15, -0.1) is 11.3 Å². The Morgan fingerprint density at radius 1 is 1.23 bits per heavy atom. The maximum absolute atomic E-state index is 12.2. The smallest absolute Gasteiger partial charge is 0.263 e. The number of fused-ring (bicyclic) bond motifs is 1. The van der Waals surface area contributed by atoms with Crippen molar-refractivity contribution < 1.29 is 9.53 Å². The summed E-state index contributed by atoms with van der Waals surface area (Å²) >= 11 is 1.30. The van der Waals surface area contributed by atoms with Crippen molar-refractivity contribution in [2.24, 2.45) is 0 Å². The zero-order chi connectivity index (χ0) is 15.4. The molecule has 0 bridgehead atoms. The molecular weight excluding hydrogens is 298 g/mol. The summed E-state index contributed by atoms with van der Waals surface area (Å²) in [5.74, 6) is 0.583. The van der Waals surface area contributed by atoms with E-state index in [1.54, 1.807) is 12.3 Å². The van der Waals surface area contributed by atoms with Crippen LogP contribution in [0.5, 0.6) is 5.75 Å². The average Bonchev–Trinajstić information content (AvgIpc) is 2.90. The molecule has 1 aromatic carbocycles. The van der Waals surface area contributed by atoms with Gasteiger partial charge in [-0.3, -0.25) is 4.79 Å². The van der Waals surface area contributed by atoms with Gasteiger partial charge in [0.2, 0.25) is 0 Å². The lowest BCUT2D eigenvalue weighted by Crippen LogP contribution is -2.27. The molecule has 0 aliphatic heterocycles. The van der Waals surface area contributed by atoms with E-state index in [0.717, 1.165) is 16.0 Å². The van der Waals surface area contributed by atoms with Gasteiger partial charge in [0.25, 0.3) is 5.91 Å². The van der Waals surface area contributed by atoms with E-state index >= 15 is 0 Å². The molecule has 5 nitrogen and oxygen atoms in total. The Labute approximate surface area is 131 Å². The molecule has 0 spiro atoms. The minimum Gasteiger partial charge on any atom is -0.492 e. The largest absolute Gasteiger partial charge is 0.492 e. The number of anilines is 1. The number of pyridine rings is 1. The third-order valence-corrected chi connectivity index (χ3v) is 4.24. The highest BCUT2D eigenvalue weighted by molar-refractivity contribution is 7.21. The van der Waals surface area contributed by atoms with E-state index in [4.69, 9.17) is 10.5 Å². The number of carbonyl (C=O) groups excluding carboxylic acids is 1. The number of thiophene rings is 1. The first kappa shape index (κ1) is 14.3. The van der Waals surface area contributed by atoms with E-state index in [1.807, 2.05) is 36.4 Å². The fraction of sp³-hybridized carbons (Fsp3) is 0.125. The second kappa shape index (κ2) is 6.44. The predicted molar refractivity (Wildman–Crippen MR) is 88.3 cm³/mol. The molecule has 0 atom stereocenters. The van der Waals surface area contributed by atoms with Crippen LogP contribution >= 0.6 is 11.3 Å². The van der Waals surface area contributed by atoms with Crippen molar-refractivity contribution >= 4 is 33.1 Å². The van der Waals surface area contributed by atoms with Crippen molar-refractivity contribution in [3.63, 3.8) is 0 Å². The fourth-order valence-corrected chi connectivity index (χ4v) is 3.03. The first-order valence-electron chi connectivity index (χ1n) is 6.85. The van der Waals surface area contributed by atoms with Crippen LogP contribution in [0.1, 0.15) is 9.67 Å². The summed E-state index contributed by atoms with van der Waals surface area (Å²) in [6, 6.07) is 13.1. The van der Waals surface area contributed by atoms with Crippen LogP contribution in [0.15, 0.2) is 48.7 Å². The van der Waals surface area contributed by atoms with Gasteiger partial charge in [-0.05, 0) is 24.3 Å². The maximum atomic E-state index is 12.2. The molecular formula is C16H15N3O2S. The number of nitrogens with zero attached hydrogens (tertiary/aromatic N) is 1. The normalized spacial score (nSPS) is 10.5. The number of carbonyl (C=O) groups is 1. The van der Waals surface area contributed by atoms with Gasteiger partial charge in [0.1, 0.15) is 22.1 Å². The van der Waals surface area contributed by atoms with Gasteiger partial charge in [0, 0.05) is 11.6 Å². The first-order chi connectivity index (χ1) is 10.8. The van der Waals surface area contributed by atoms with E-state index in [0.29, 0.717) is 23.7 Å². The van der Waals surface area contributed by atoms with E-state index < -0.39 is 0 Å². The number of hydrogen-bond donors (Lipinski definition) is 2. The van der Waals surface area contributed by atoms with Crippen molar-refractivity contribution in [1.82, 2.24) is 10.3 Å². The van der Waals surface area contributed by atoms with Gasteiger partial charge in [0.15, 0.2) is 0 Å². The number of nitrogen functional groups attached to an aromatic ring is 1. The molecule has 0 saturated heterocycles. The molecule has 3 N–H and O–H groups in total. The van der Waals surface area contributed by atoms with E-state index in [9.17, 15) is 4.79 Å². The molecule has 3 rings (SSSR count). The van der Waals surface area contributed by atoms with Crippen molar-refractivity contribution in [3.8, 4) is 5.75 Å². The molecule has 6 heteroatoms. The van der Waals surface area contributed by atoms with Crippen LogP contribution in [-0.4, -0.2) is 24.0 Å². The number of nitrogens with two attached hydrogens (primary N) is 1. The second-order valence-electron chi connectivity index (χ2n) is 4.62. The summed E-state index contributed by atoms with van der Waals surface area (Å²) < 4.78 is 5.53. The number of nitrogens with one attached hydrogen (secondary N) is 1. The third-order valence-electron chi connectivity index (χ3n) is 3.11. The van der Waals surface area contributed by atoms with Crippen LogP contribution in [0.25, 0.3) is 10.2 Å². The van der Waals surface area contributed by atoms with Gasteiger partial charge in [-0.25, -0.2) is 4.98 Å². The Morgan fingerprint density at radius 2 is 2.05 bits per heavy atom. The number of amides is 1. The molecule has 2 aromatic heterocycles. The molecule has 2 heterocycles. The maximum Gasteiger partial charge on any atom is 0.263 e. The van der Waals surface area contributed by atoms with Crippen LogP contribution in [0.2, 0.25) is 0 Å². The molecule has 0 aliphatic carbocycles. The van der Waals surface area contributed by atoms with Gasteiger partial charge in [-0.1, -0.05) is 18.2 Å². The molecule has 22 heavy (non-hydrogen) atoms. The highest BCUT2D eigenvalue weighted by atomic mass is 32.1. The van der Waals surface area contributed by atoms with Crippen LogP contribution in [0.4, 0.5) is 5.69 Å². The summed E-state index contributed by atoms with van der Waals surface area (Å²) in [4.78, 5) is 17.7. The highest BCUT2D eigenvalue weighted by Crippen LogP contribution is 2.31. The van der Waals surface area contributed by atoms with E-state index in [2.05, 4.69) is 10.3 Å². The molecule has 0 radical (unpaired) electrons. The Hall–Kier alpha value is -2.60. The minimum atomic E-state index is -0.197. The molecule has 112 valence electrons. The zero-order valence-corrected chi connectivity index (χ0v) is 12.6. The third kappa shape index (κ3) is 3.01. The standard InChI is InChI=1S/C16H15N3O2S/c17-13-12-7-4-8-19-16(12)22-14(13)15(20)18-9-10-21-11-5-2-1-3-6-11/h1-8H,9-10,17H2,(H,18,20). The predicted octanol–water partition coefficient (Wildman–Crippen LogP) is 2.69. The summed E-state index contributed by atoms with van der Waals surface area (Å²) in [6.07, 6.45) is 1.69. The summed E-state index contributed by atoms with van der Waals surface area (Å²) in [7, 11) is 0. The van der Waals surface area contributed by atoms with Gasteiger partial charge in [0.05, 0.1) is 12.2 Å². The SMILES string of the molecule is Nc1c(C(=O)NCCOc2ccccc2)sc2ncccc12. The molecule has 0 saturated carbocycles. The van der Waals surface area contributed by atoms with E-state index in [-0.39, 0.29) is 5.91 Å². The number of rotatable bonds is 5. The van der Waals surface area contributed by atoms with Gasteiger partial charge >= 0.3 is 0 Å². The lowest BCUT2D eigenvalue weighted by molar-refractivity contribution is 0.0952. The molecule has 3 aromatic rings. The Morgan fingerprint density at radius 3 is 2.82 bits per heavy atom. The van der Waals surface area contributed by atoms with Crippen molar-refractivity contribution in [1.29, 1.82) is 0 Å². The minimum absolute atomic E-state index is 0.197. The second-order valence-corrected chi connectivity index (χ2v) is 5.62. The number of aromatic nitrogens is 1. The first-order valence-corrected chi connectivity index (χ1v) is 7.66. The van der Waals surface area contributed by atoms with Crippen LogP contribution in [0, 0.1) is 0 Å². The summed E-state index contributed by atoms with van der Waals surface area (Å²) in [5.41, 5.74) is 6.49. The molecule has 0 aliphatic rings. The monoisotopic (exact) mass is 313 g/mol. The Kier molecular flexibility index (Phi) is 4.20. The van der Waals surface area contributed by atoms with Gasteiger partial charge < -0.3 is 15.8 Å². The lowest BCUT2D eigenvalue weighted by atomic mass is 10.2. The van der Waals surface area contributed by atoms with Crippen molar-refractivity contribution in [3.05, 3.63) is 53.5 Å². The average molecular weight is 313 g/mol. The molecule has 0 unspecified atom stereocenters. The zero-order valence-electron chi connectivity index (χ0n) is 11.8. The number of para-hydroxylation sites is 1. The van der Waals surface area contributed by atoms with Crippen LogP contribution < -0.4 is 15.8 Å². The Balaban J connectivity index is 1.58. The number of ether oxygens (including phenoxy) is 1. The number of hydrogen-bond acceptors (Lipinski definition) is 5. The van der Waals surface area contributed by atoms with E-state index in [1.165, 1.54) is 11.3 Å². The fourth-order valence-electron chi connectivity index (χ4n) is 2.05. The summed E-state index contributed by atoms with van der Waals surface area (Å²) in [5, 5.41) is 3.63. The highest BCUT2D eigenvalue weighted by Gasteiger charge is 2.16. The summed E-state index contributed by atoms with van der Waals surface area (Å²) in [6.45, 7) is 0.813. The van der Waals surface area contributed by atoms with Crippen LogP contribution in [-0.2, 0) is 0 Å². The topological polar surface area (TPSA) is 77.2 Å². The molecule has 1 amide bonds.